The number of anilines is 1. The summed E-state index contributed by atoms with van der Waals surface area (Å²) in [5.41, 5.74) is 0.936. The lowest BCUT2D eigenvalue weighted by molar-refractivity contribution is 0.294. The minimum Gasteiger partial charge on any atom is -0.470 e. The van der Waals surface area contributed by atoms with Gasteiger partial charge in [-0.3, -0.25) is 4.72 Å². The van der Waals surface area contributed by atoms with Crippen LogP contribution in [0.15, 0.2) is 62.9 Å². The van der Waals surface area contributed by atoms with Crippen LogP contribution in [0.1, 0.15) is 5.56 Å². The van der Waals surface area contributed by atoms with Gasteiger partial charge in [0, 0.05) is 5.38 Å². The minimum absolute atomic E-state index is 0.0420. The average Bonchev–Trinajstić information content (AvgIpc) is 3.11. The first-order valence-corrected chi connectivity index (χ1v) is 10.0. The summed E-state index contributed by atoms with van der Waals surface area (Å²) in [5, 5.41) is 3.23. The van der Waals surface area contributed by atoms with Crippen molar-refractivity contribution in [2.45, 2.75) is 11.5 Å². The Hall–Kier alpha value is -1.97. The van der Waals surface area contributed by atoms with E-state index in [-0.39, 0.29) is 23.2 Å². The fourth-order valence-electron chi connectivity index (χ4n) is 1.84. The highest BCUT2D eigenvalue weighted by Gasteiger charge is 2.19. The van der Waals surface area contributed by atoms with E-state index < -0.39 is 10.0 Å². The number of hydrogen-bond acceptors (Lipinski definition) is 6. The summed E-state index contributed by atoms with van der Waals surface area (Å²) in [5.74, 6) is 0.146. The lowest BCUT2D eigenvalue weighted by Gasteiger charge is -2.11. The van der Waals surface area contributed by atoms with Gasteiger partial charge in [-0.25, -0.2) is 18.4 Å². The first-order valence-electron chi connectivity index (χ1n) is 6.79. The Balaban J connectivity index is 1.83. The normalized spacial score (nSPS) is 11.2. The number of rotatable bonds is 6. The number of sulfonamides is 1. The third-order valence-corrected chi connectivity index (χ3v) is 5.52. The summed E-state index contributed by atoms with van der Waals surface area (Å²) in [4.78, 5) is 8.40. The average molecular weight is 426 g/mol. The van der Waals surface area contributed by atoms with Crippen molar-refractivity contribution in [3.05, 3.63) is 63.5 Å². The Morgan fingerprint density at radius 1 is 1.21 bits per heavy atom. The number of hydrogen-bond donors (Lipinski definition) is 1. The lowest BCUT2D eigenvalue weighted by Crippen LogP contribution is -2.15. The highest BCUT2D eigenvalue weighted by molar-refractivity contribution is 9.10. The molecule has 0 unspecified atom stereocenters. The molecule has 9 heteroatoms. The van der Waals surface area contributed by atoms with Crippen LogP contribution < -0.4 is 9.46 Å². The third kappa shape index (κ3) is 4.11. The van der Waals surface area contributed by atoms with E-state index in [2.05, 4.69) is 30.6 Å². The Labute approximate surface area is 151 Å². The molecular formula is C15H12BrN3O3S2. The topological polar surface area (TPSA) is 81.2 Å². The maximum absolute atomic E-state index is 12.3. The van der Waals surface area contributed by atoms with Crippen LogP contribution in [0.3, 0.4) is 0 Å². The number of thiophene rings is 1. The molecule has 6 nitrogen and oxygen atoms in total. The van der Waals surface area contributed by atoms with Crippen molar-refractivity contribution >= 4 is 43.1 Å². The molecular weight excluding hydrogens is 414 g/mol. The number of halogens is 1. The predicted octanol–water partition coefficient (Wildman–Crippen LogP) is 3.68. The molecule has 1 aromatic carbocycles. The summed E-state index contributed by atoms with van der Waals surface area (Å²) in [6.45, 7) is 0.249. The van der Waals surface area contributed by atoms with Crippen molar-refractivity contribution in [3.63, 3.8) is 0 Å². The van der Waals surface area contributed by atoms with Crippen LogP contribution >= 0.6 is 27.3 Å². The van der Waals surface area contributed by atoms with Gasteiger partial charge in [0.1, 0.15) is 11.2 Å². The van der Waals surface area contributed by atoms with E-state index in [4.69, 9.17) is 4.74 Å². The van der Waals surface area contributed by atoms with Crippen molar-refractivity contribution in [1.29, 1.82) is 0 Å². The van der Waals surface area contributed by atoms with Crippen LogP contribution in [0.4, 0.5) is 5.82 Å². The Morgan fingerprint density at radius 3 is 2.71 bits per heavy atom. The Morgan fingerprint density at radius 2 is 2.00 bits per heavy atom. The van der Waals surface area contributed by atoms with E-state index in [1.54, 1.807) is 10.8 Å². The maximum atomic E-state index is 12.3. The second-order valence-electron chi connectivity index (χ2n) is 4.69. The van der Waals surface area contributed by atoms with Gasteiger partial charge in [0.05, 0.1) is 11.1 Å². The highest BCUT2D eigenvalue weighted by Crippen LogP contribution is 2.25. The molecule has 3 aromatic rings. The highest BCUT2D eigenvalue weighted by atomic mass is 79.9. The van der Waals surface area contributed by atoms with E-state index in [1.165, 1.54) is 23.6 Å². The molecule has 0 aliphatic heterocycles. The number of aromatic nitrogens is 2. The van der Waals surface area contributed by atoms with Gasteiger partial charge < -0.3 is 4.74 Å². The van der Waals surface area contributed by atoms with Crippen LogP contribution in [0, 0.1) is 0 Å². The van der Waals surface area contributed by atoms with Gasteiger partial charge >= 0.3 is 0 Å². The summed E-state index contributed by atoms with van der Waals surface area (Å²) >= 11 is 4.51. The van der Waals surface area contributed by atoms with Crippen LogP contribution in [0.5, 0.6) is 5.88 Å². The van der Waals surface area contributed by atoms with Crippen molar-refractivity contribution in [3.8, 4) is 5.88 Å². The summed E-state index contributed by atoms with van der Waals surface area (Å²) in [6, 6.07) is 11.0. The molecule has 3 rings (SSSR count). The maximum Gasteiger partial charge on any atom is 0.264 e. The van der Waals surface area contributed by atoms with E-state index in [0.29, 0.717) is 4.60 Å². The zero-order chi connectivity index (χ0) is 17.0. The largest absolute Gasteiger partial charge is 0.470 e. The molecule has 0 radical (unpaired) electrons. The van der Waals surface area contributed by atoms with Gasteiger partial charge in [0.2, 0.25) is 5.82 Å². The molecule has 0 bridgehead atoms. The van der Waals surface area contributed by atoms with Crippen LogP contribution in [0.2, 0.25) is 0 Å². The molecule has 0 saturated carbocycles. The molecule has 1 N–H and O–H groups in total. The van der Waals surface area contributed by atoms with Crippen molar-refractivity contribution in [1.82, 2.24) is 9.97 Å². The standard InChI is InChI=1S/C15H12BrN3O3S2/c16-13-8-17-14(19-24(20,21)12-6-7-23-10-12)15(18-13)22-9-11-4-2-1-3-5-11/h1-8,10H,9H2,(H,17,19). The monoisotopic (exact) mass is 425 g/mol. The van der Waals surface area contributed by atoms with E-state index in [0.717, 1.165) is 5.56 Å². The summed E-state index contributed by atoms with van der Waals surface area (Å²) < 4.78 is 33.2. The number of nitrogens with one attached hydrogen (secondary N) is 1. The Kier molecular flexibility index (Phi) is 5.12. The number of benzene rings is 1. The van der Waals surface area contributed by atoms with E-state index >= 15 is 0 Å². The molecule has 0 atom stereocenters. The molecule has 0 aliphatic carbocycles. The smallest absolute Gasteiger partial charge is 0.264 e. The first kappa shape index (κ1) is 16.9. The second-order valence-corrected chi connectivity index (χ2v) is 7.96. The summed E-state index contributed by atoms with van der Waals surface area (Å²) in [7, 11) is -3.73. The number of ether oxygens (including phenoxy) is 1. The van der Waals surface area contributed by atoms with Crippen molar-refractivity contribution < 1.29 is 13.2 Å². The zero-order valence-electron chi connectivity index (χ0n) is 12.2. The van der Waals surface area contributed by atoms with E-state index in [9.17, 15) is 8.42 Å². The second kappa shape index (κ2) is 7.29. The number of nitrogens with zero attached hydrogens (tertiary/aromatic N) is 2. The lowest BCUT2D eigenvalue weighted by atomic mass is 10.2. The molecule has 2 heterocycles. The summed E-state index contributed by atoms with van der Waals surface area (Å²) in [6.07, 6.45) is 1.40. The molecule has 0 spiro atoms. The molecule has 24 heavy (non-hydrogen) atoms. The van der Waals surface area contributed by atoms with Gasteiger partial charge in [0.15, 0.2) is 0 Å². The quantitative estimate of drug-likeness (QED) is 0.651. The molecule has 2 aromatic heterocycles. The van der Waals surface area contributed by atoms with Gasteiger partial charge in [-0.15, -0.1) is 0 Å². The molecule has 0 fully saturated rings. The van der Waals surface area contributed by atoms with E-state index in [1.807, 2.05) is 30.3 Å². The van der Waals surface area contributed by atoms with Crippen LogP contribution in [-0.4, -0.2) is 18.4 Å². The zero-order valence-corrected chi connectivity index (χ0v) is 15.4. The SMILES string of the molecule is O=S(=O)(Nc1ncc(Br)nc1OCc1ccccc1)c1ccsc1. The fraction of sp³-hybridized carbons (Fsp3) is 0.0667. The minimum atomic E-state index is -3.73. The van der Waals surface area contributed by atoms with Gasteiger partial charge in [-0.1, -0.05) is 30.3 Å². The third-order valence-electron chi connectivity index (χ3n) is 2.97. The van der Waals surface area contributed by atoms with Crippen molar-refractivity contribution in [2.24, 2.45) is 0 Å². The molecule has 0 saturated heterocycles. The Bertz CT molecular complexity index is 916. The first-order chi connectivity index (χ1) is 11.5. The molecule has 0 aliphatic rings. The molecule has 0 amide bonds. The fourth-order valence-corrected chi connectivity index (χ4v) is 4.14. The van der Waals surface area contributed by atoms with Gasteiger partial charge in [0.25, 0.3) is 15.9 Å². The van der Waals surface area contributed by atoms with Crippen LogP contribution in [-0.2, 0) is 16.6 Å². The van der Waals surface area contributed by atoms with Gasteiger partial charge in [-0.2, -0.15) is 11.3 Å². The van der Waals surface area contributed by atoms with Crippen molar-refractivity contribution in [2.75, 3.05) is 4.72 Å². The van der Waals surface area contributed by atoms with Crippen LogP contribution in [0.25, 0.3) is 0 Å². The molecule has 124 valence electrons. The predicted molar refractivity (Wildman–Crippen MR) is 95.6 cm³/mol. The van der Waals surface area contributed by atoms with Gasteiger partial charge in [-0.05, 0) is 32.9 Å².